The predicted octanol–water partition coefficient (Wildman–Crippen LogP) is 1.49. The molecule has 84 valence electrons. The maximum atomic E-state index is 13.0. The minimum Gasteiger partial charge on any atom is -0.399 e. The van der Waals surface area contributed by atoms with Gasteiger partial charge >= 0.3 is 0 Å². The second kappa shape index (κ2) is 5.68. The molecule has 0 spiro atoms. The van der Waals surface area contributed by atoms with Gasteiger partial charge in [0.1, 0.15) is 5.82 Å². The van der Waals surface area contributed by atoms with E-state index in [-0.39, 0.29) is 5.82 Å². The number of hydrogen-bond acceptors (Lipinski definition) is 3. The molecule has 0 aliphatic rings. The highest BCUT2D eigenvalue weighted by Gasteiger charge is 2.02. The molecule has 0 aliphatic carbocycles. The molecule has 0 atom stereocenters. The second-order valence-corrected chi connectivity index (χ2v) is 3.62. The van der Waals surface area contributed by atoms with Crippen molar-refractivity contribution in [1.29, 1.82) is 0 Å². The molecule has 0 bridgehead atoms. The van der Waals surface area contributed by atoms with E-state index < -0.39 is 0 Å². The van der Waals surface area contributed by atoms with Crippen molar-refractivity contribution < 1.29 is 9.13 Å². The molecule has 0 heterocycles. The van der Waals surface area contributed by atoms with Gasteiger partial charge in [-0.1, -0.05) is 0 Å². The SMILES string of the molecule is COCCN(C)Cc1cc(N)cc(F)c1. The molecule has 0 saturated carbocycles. The van der Waals surface area contributed by atoms with E-state index >= 15 is 0 Å². The molecule has 0 saturated heterocycles. The number of nitrogens with zero attached hydrogens (tertiary/aromatic N) is 1. The molecule has 0 fully saturated rings. The fourth-order valence-electron chi connectivity index (χ4n) is 1.40. The van der Waals surface area contributed by atoms with Crippen LogP contribution in [0.15, 0.2) is 18.2 Å². The largest absolute Gasteiger partial charge is 0.399 e. The third-order valence-electron chi connectivity index (χ3n) is 2.11. The molecule has 2 N–H and O–H groups in total. The van der Waals surface area contributed by atoms with Crippen molar-refractivity contribution in [2.75, 3.05) is 33.0 Å². The van der Waals surface area contributed by atoms with Crippen molar-refractivity contribution in [1.82, 2.24) is 4.90 Å². The zero-order valence-corrected chi connectivity index (χ0v) is 9.16. The highest BCUT2D eigenvalue weighted by Crippen LogP contribution is 2.12. The van der Waals surface area contributed by atoms with Crippen LogP contribution in [-0.2, 0) is 11.3 Å². The van der Waals surface area contributed by atoms with E-state index in [2.05, 4.69) is 4.90 Å². The average Bonchev–Trinajstić information content (AvgIpc) is 2.13. The summed E-state index contributed by atoms with van der Waals surface area (Å²) in [5.41, 5.74) is 6.90. The summed E-state index contributed by atoms with van der Waals surface area (Å²) < 4.78 is 18.0. The molecule has 4 heteroatoms. The number of nitrogens with two attached hydrogens (primary N) is 1. The van der Waals surface area contributed by atoms with E-state index in [0.717, 1.165) is 12.1 Å². The third kappa shape index (κ3) is 4.27. The van der Waals surface area contributed by atoms with Crippen LogP contribution < -0.4 is 5.73 Å². The number of anilines is 1. The van der Waals surface area contributed by atoms with Crippen molar-refractivity contribution in [3.63, 3.8) is 0 Å². The maximum Gasteiger partial charge on any atom is 0.125 e. The van der Waals surface area contributed by atoms with Crippen molar-refractivity contribution in [2.24, 2.45) is 0 Å². The Morgan fingerprint density at radius 1 is 1.40 bits per heavy atom. The van der Waals surface area contributed by atoms with Gasteiger partial charge in [0, 0.05) is 25.9 Å². The Morgan fingerprint density at radius 3 is 2.73 bits per heavy atom. The normalized spacial score (nSPS) is 10.9. The average molecular weight is 212 g/mol. The molecule has 1 rings (SSSR count). The summed E-state index contributed by atoms with van der Waals surface area (Å²) in [4.78, 5) is 2.05. The van der Waals surface area contributed by atoms with E-state index in [9.17, 15) is 4.39 Å². The monoisotopic (exact) mass is 212 g/mol. The molecule has 0 aromatic heterocycles. The first-order chi connectivity index (χ1) is 7.11. The first kappa shape index (κ1) is 11.9. The minimum atomic E-state index is -0.287. The maximum absolute atomic E-state index is 13.0. The van der Waals surface area contributed by atoms with Gasteiger partial charge in [-0.25, -0.2) is 4.39 Å². The Morgan fingerprint density at radius 2 is 2.13 bits per heavy atom. The molecule has 0 aliphatic heterocycles. The van der Waals surface area contributed by atoms with Gasteiger partial charge in [0.25, 0.3) is 0 Å². The van der Waals surface area contributed by atoms with Crippen LogP contribution in [0.1, 0.15) is 5.56 Å². The summed E-state index contributed by atoms with van der Waals surface area (Å²) in [5, 5.41) is 0. The van der Waals surface area contributed by atoms with E-state index in [1.165, 1.54) is 12.1 Å². The fraction of sp³-hybridized carbons (Fsp3) is 0.455. The Labute approximate surface area is 89.6 Å². The summed E-state index contributed by atoms with van der Waals surface area (Å²) in [6.07, 6.45) is 0. The predicted molar refractivity (Wildman–Crippen MR) is 59.0 cm³/mol. The van der Waals surface area contributed by atoms with Crippen molar-refractivity contribution in [2.45, 2.75) is 6.54 Å². The number of nitrogen functional groups attached to an aromatic ring is 1. The Hall–Kier alpha value is -1.13. The molecule has 3 nitrogen and oxygen atoms in total. The molecule has 1 aromatic rings. The number of likely N-dealkylation sites (N-methyl/N-ethyl adjacent to an activating group) is 1. The smallest absolute Gasteiger partial charge is 0.125 e. The quantitative estimate of drug-likeness (QED) is 0.751. The first-order valence-electron chi connectivity index (χ1n) is 4.84. The van der Waals surface area contributed by atoms with Gasteiger partial charge < -0.3 is 10.5 Å². The number of benzene rings is 1. The zero-order valence-electron chi connectivity index (χ0n) is 9.16. The van der Waals surface area contributed by atoms with Crippen molar-refractivity contribution in [3.05, 3.63) is 29.6 Å². The van der Waals surface area contributed by atoms with Gasteiger partial charge in [-0.3, -0.25) is 4.90 Å². The fourth-order valence-corrected chi connectivity index (χ4v) is 1.40. The van der Waals surface area contributed by atoms with Crippen LogP contribution in [0, 0.1) is 5.82 Å². The van der Waals surface area contributed by atoms with Gasteiger partial charge in [0.2, 0.25) is 0 Å². The van der Waals surface area contributed by atoms with Crippen LogP contribution in [0.4, 0.5) is 10.1 Å². The van der Waals surface area contributed by atoms with Crippen LogP contribution in [0.3, 0.4) is 0 Å². The standard InChI is InChI=1S/C11H17FN2O/c1-14(3-4-15-2)8-9-5-10(12)7-11(13)6-9/h5-7H,3-4,8,13H2,1-2H3. The summed E-state index contributed by atoms with van der Waals surface area (Å²) in [5.74, 6) is -0.287. The molecule has 15 heavy (non-hydrogen) atoms. The lowest BCUT2D eigenvalue weighted by Crippen LogP contribution is -2.22. The first-order valence-corrected chi connectivity index (χ1v) is 4.84. The van der Waals surface area contributed by atoms with Crippen molar-refractivity contribution in [3.8, 4) is 0 Å². The third-order valence-corrected chi connectivity index (χ3v) is 2.11. The summed E-state index contributed by atoms with van der Waals surface area (Å²) in [6.45, 7) is 2.15. The van der Waals surface area contributed by atoms with E-state index in [1.807, 2.05) is 7.05 Å². The van der Waals surface area contributed by atoms with Crippen LogP contribution in [-0.4, -0.2) is 32.2 Å². The molecule has 0 unspecified atom stereocenters. The van der Waals surface area contributed by atoms with Gasteiger partial charge in [-0.15, -0.1) is 0 Å². The van der Waals surface area contributed by atoms with Gasteiger partial charge in [-0.05, 0) is 30.8 Å². The van der Waals surface area contributed by atoms with E-state index in [0.29, 0.717) is 18.8 Å². The van der Waals surface area contributed by atoms with Crippen LogP contribution in [0.2, 0.25) is 0 Å². The molecular weight excluding hydrogens is 195 g/mol. The summed E-state index contributed by atoms with van der Waals surface area (Å²) in [7, 11) is 3.62. The van der Waals surface area contributed by atoms with Gasteiger partial charge in [0.05, 0.1) is 6.61 Å². The molecule has 0 amide bonds. The topological polar surface area (TPSA) is 38.5 Å². The van der Waals surface area contributed by atoms with Crippen LogP contribution in [0.25, 0.3) is 0 Å². The second-order valence-electron chi connectivity index (χ2n) is 3.62. The zero-order chi connectivity index (χ0) is 11.3. The molecule has 1 aromatic carbocycles. The number of methoxy groups -OCH3 is 1. The number of ether oxygens (including phenoxy) is 1. The van der Waals surface area contributed by atoms with E-state index in [4.69, 9.17) is 10.5 Å². The number of halogens is 1. The molecule has 0 radical (unpaired) electrons. The van der Waals surface area contributed by atoms with Crippen molar-refractivity contribution >= 4 is 5.69 Å². The van der Waals surface area contributed by atoms with Crippen LogP contribution >= 0.6 is 0 Å². The number of rotatable bonds is 5. The Bertz CT molecular complexity index is 297. The lowest BCUT2D eigenvalue weighted by Gasteiger charge is -2.16. The Balaban J connectivity index is 2.56. The van der Waals surface area contributed by atoms with Crippen LogP contribution in [0.5, 0.6) is 0 Å². The summed E-state index contributed by atoms with van der Waals surface area (Å²) >= 11 is 0. The van der Waals surface area contributed by atoms with E-state index in [1.54, 1.807) is 13.2 Å². The molecular formula is C11H17FN2O. The number of hydrogen-bond donors (Lipinski definition) is 1. The minimum absolute atomic E-state index is 0.287. The lowest BCUT2D eigenvalue weighted by molar-refractivity contribution is 0.158. The lowest BCUT2D eigenvalue weighted by atomic mass is 10.2. The van der Waals surface area contributed by atoms with Gasteiger partial charge in [-0.2, -0.15) is 0 Å². The summed E-state index contributed by atoms with van der Waals surface area (Å²) in [6, 6.07) is 4.60. The highest BCUT2D eigenvalue weighted by molar-refractivity contribution is 5.41. The van der Waals surface area contributed by atoms with Gasteiger partial charge in [0.15, 0.2) is 0 Å². The highest BCUT2D eigenvalue weighted by atomic mass is 19.1. The Kier molecular flexibility index (Phi) is 4.52.